The number of carbonyl (C=O) groups excluding carboxylic acids is 1. The first-order valence-electron chi connectivity index (χ1n) is 8.09. The van der Waals surface area contributed by atoms with Gasteiger partial charge >= 0.3 is 0 Å². The molecule has 0 spiro atoms. The molecule has 0 radical (unpaired) electrons. The number of aromatic nitrogens is 1. The number of ether oxygens (including phenoxy) is 1. The fourth-order valence-corrected chi connectivity index (χ4v) is 3.05. The molecule has 1 aromatic heterocycles. The van der Waals surface area contributed by atoms with Crippen molar-refractivity contribution in [2.45, 2.75) is 20.3 Å². The molecule has 3 rings (SSSR count). The molecule has 3 aromatic rings. The number of aryl methyl sites for hydroxylation is 2. The van der Waals surface area contributed by atoms with Gasteiger partial charge in [-0.1, -0.05) is 23.8 Å². The zero-order valence-electron chi connectivity index (χ0n) is 14.3. The fraction of sp³-hybridized carbons (Fsp3) is 0.250. The van der Waals surface area contributed by atoms with Gasteiger partial charge in [0.2, 0.25) is 0 Å². The predicted octanol–water partition coefficient (Wildman–Crippen LogP) is 3.77. The Morgan fingerprint density at radius 2 is 1.96 bits per heavy atom. The summed E-state index contributed by atoms with van der Waals surface area (Å²) < 4.78 is 5.24. The number of fused-ring (bicyclic) bond motifs is 1. The van der Waals surface area contributed by atoms with E-state index in [1.54, 1.807) is 19.2 Å². The number of benzene rings is 2. The molecule has 24 heavy (non-hydrogen) atoms. The monoisotopic (exact) mass is 322 g/mol. The number of aromatic amines is 1. The van der Waals surface area contributed by atoms with Crippen molar-refractivity contribution in [1.29, 1.82) is 0 Å². The molecule has 1 heterocycles. The van der Waals surface area contributed by atoms with E-state index in [9.17, 15) is 4.79 Å². The number of H-pyrrole nitrogens is 1. The summed E-state index contributed by atoms with van der Waals surface area (Å²) in [6, 6.07) is 13.7. The van der Waals surface area contributed by atoms with Gasteiger partial charge in [-0.3, -0.25) is 4.79 Å². The predicted molar refractivity (Wildman–Crippen MR) is 96.8 cm³/mol. The lowest BCUT2D eigenvalue weighted by molar-refractivity contribution is 0.0951. The highest BCUT2D eigenvalue weighted by atomic mass is 16.5. The molecule has 4 heteroatoms. The third-order valence-electron chi connectivity index (χ3n) is 4.29. The summed E-state index contributed by atoms with van der Waals surface area (Å²) in [4.78, 5) is 15.8. The van der Waals surface area contributed by atoms with Crippen LogP contribution < -0.4 is 10.1 Å². The van der Waals surface area contributed by atoms with Crippen LogP contribution in [-0.2, 0) is 6.42 Å². The van der Waals surface area contributed by atoms with Gasteiger partial charge in [-0.15, -0.1) is 0 Å². The molecule has 2 aromatic carbocycles. The van der Waals surface area contributed by atoms with Crippen LogP contribution in [0, 0.1) is 13.8 Å². The average Bonchev–Trinajstić information content (AvgIpc) is 2.90. The van der Waals surface area contributed by atoms with Gasteiger partial charge in [-0.25, -0.2) is 0 Å². The van der Waals surface area contributed by atoms with Crippen LogP contribution in [0.1, 0.15) is 27.2 Å². The summed E-state index contributed by atoms with van der Waals surface area (Å²) in [5, 5.41) is 4.22. The van der Waals surface area contributed by atoms with Gasteiger partial charge < -0.3 is 15.0 Å². The highest BCUT2D eigenvalue weighted by Gasteiger charge is 2.12. The molecule has 0 atom stereocenters. The van der Waals surface area contributed by atoms with Crippen molar-refractivity contribution in [3.05, 3.63) is 64.8 Å². The molecule has 0 saturated heterocycles. The molecule has 0 fully saturated rings. The van der Waals surface area contributed by atoms with Crippen molar-refractivity contribution in [2.24, 2.45) is 0 Å². The number of hydrogen-bond acceptors (Lipinski definition) is 2. The number of nitrogens with one attached hydrogen (secondary N) is 2. The molecule has 0 saturated carbocycles. The van der Waals surface area contributed by atoms with E-state index in [4.69, 9.17) is 4.74 Å². The molecule has 2 N–H and O–H groups in total. The second-order valence-electron chi connectivity index (χ2n) is 5.98. The lowest BCUT2D eigenvalue weighted by Gasteiger charge is -2.09. The highest BCUT2D eigenvalue weighted by Crippen LogP contribution is 2.23. The molecule has 0 aliphatic carbocycles. The minimum absolute atomic E-state index is 0.110. The highest BCUT2D eigenvalue weighted by molar-refractivity contribution is 5.97. The maximum absolute atomic E-state index is 12.4. The van der Waals surface area contributed by atoms with E-state index in [0.29, 0.717) is 17.9 Å². The first kappa shape index (κ1) is 16.1. The summed E-state index contributed by atoms with van der Waals surface area (Å²) >= 11 is 0. The number of rotatable bonds is 5. The number of para-hydroxylation sites is 1. The molecular formula is C20H22N2O2. The maximum atomic E-state index is 12.4. The molecule has 1 amide bonds. The zero-order valence-corrected chi connectivity index (χ0v) is 14.3. The Hall–Kier alpha value is -2.75. The molecule has 4 nitrogen and oxygen atoms in total. The summed E-state index contributed by atoms with van der Waals surface area (Å²) in [6.07, 6.45) is 0.788. The normalized spacial score (nSPS) is 10.8. The molecule has 0 aliphatic rings. The number of carbonyl (C=O) groups is 1. The summed E-state index contributed by atoms with van der Waals surface area (Å²) in [6.45, 7) is 4.75. The van der Waals surface area contributed by atoms with Crippen LogP contribution in [0.3, 0.4) is 0 Å². The lowest BCUT2D eigenvalue weighted by atomic mass is 10.1. The number of hydrogen-bond donors (Lipinski definition) is 2. The van der Waals surface area contributed by atoms with Crippen molar-refractivity contribution >= 4 is 16.8 Å². The second kappa shape index (κ2) is 6.79. The molecular weight excluding hydrogens is 300 g/mol. The van der Waals surface area contributed by atoms with E-state index in [-0.39, 0.29) is 5.91 Å². The first-order valence-corrected chi connectivity index (χ1v) is 8.09. The van der Waals surface area contributed by atoms with E-state index in [0.717, 1.165) is 17.6 Å². The third kappa shape index (κ3) is 3.13. The summed E-state index contributed by atoms with van der Waals surface area (Å²) in [5.74, 6) is 0.482. The quantitative estimate of drug-likeness (QED) is 0.751. The number of amides is 1. The SMILES string of the molecule is COc1ccccc1C(=O)NCCc1c(C)[nH]c2ccc(C)cc12. The van der Waals surface area contributed by atoms with E-state index < -0.39 is 0 Å². The topological polar surface area (TPSA) is 54.1 Å². The smallest absolute Gasteiger partial charge is 0.255 e. The summed E-state index contributed by atoms with van der Waals surface area (Å²) in [7, 11) is 1.57. The van der Waals surface area contributed by atoms with Crippen LogP contribution >= 0.6 is 0 Å². The van der Waals surface area contributed by atoms with E-state index in [1.807, 2.05) is 12.1 Å². The van der Waals surface area contributed by atoms with E-state index in [2.05, 4.69) is 42.3 Å². The van der Waals surface area contributed by atoms with Crippen molar-refractivity contribution in [1.82, 2.24) is 10.3 Å². The van der Waals surface area contributed by atoms with Gasteiger partial charge in [-0.05, 0) is 50.1 Å². The first-order chi connectivity index (χ1) is 11.6. The van der Waals surface area contributed by atoms with Crippen molar-refractivity contribution in [2.75, 3.05) is 13.7 Å². The molecule has 0 unspecified atom stereocenters. The molecule has 0 bridgehead atoms. The van der Waals surface area contributed by atoms with Crippen LogP contribution in [0.15, 0.2) is 42.5 Å². The largest absolute Gasteiger partial charge is 0.496 e. The van der Waals surface area contributed by atoms with Crippen LogP contribution in [0.2, 0.25) is 0 Å². The number of methoxy groups -OCH3 is 1. The van der Waals surface area contributed by atoms with Crippen molar-refractivity contribution in [3.63, 3.8) is 0 Å². The van der Waals surface area contributed by atoms with Gasteiger partial charge in [-0.2, -0.15) is 0 Å². The Labute approximate surface area is 141 Å². The van der Waals surface area contributed by atoms with Crippen molar-refractivity contribution < 1.29 is 9.53 Å². The lowest BCUT2D eigenvalue weighted by Crippen LogP contribution is -2.26. The van der Waals surface area contributed by atoms with Crippen LogP contribution in [0.25, 0.3) is 10.9 Å². The van der Waals surface area contributed by atoms with E-state index >= 15 is 0 Å². The van der Waals surface area contributed by atoms with Gasteiger partial charge in [0.1, 0.15) is 5.75 Å². The minimum Gasteiger partial charge on any atom is -0.496 e. The third-order valence-corrected chi connectivity index (χ3v) is 4.29. The van der Waals surface area contributed by atoms with Gasteiger partial charge in [0.25, 0.3) is 5.91 Å². The van der Waals surface area contributed by atoms with Gasteiger partial charge in [0.05, 0.1) is 12.7 Å². The molecule has 124 valence electrons. The Morgan fingerprint density at radius 1 is 1.17 bits per heavy atom. The Bertz CT molecular complexity index is 880. The average molecular weight is 322 g/mol. The zero-order chi connectivity index (χ0) is 17.1. The van der Waals surface area contributed by atoms with Crippen LogP contribution in [0.4, 0.5) is 0 Å². The Morgan fingerprint density at radius 3 is 2.75 bits per heavy atom. The standard InChI is InChI=1S/C20H22N2O2/c1-13-8-9-18-17(12-13)15(14(2)22-18)10-11-21-20(23)16-6-4-5-7-19(16)24-3/h4-9,12,22H,10-11H2,1-3H3,(H,21,23). The van der Waals surface area contributed by atoms with Gasteiger partial charge in [0, 0.05) is 23.1 Å². The van der Waals surface area contributed by atoms with Crippen LogP contribution in [0.5, 0.6) is 5.75 Å². The maximum Gasteiger partial charge on any atom is 0.255 e. The second-order valence-corrected chi connectivity index (χ2v) is 5.98. The summed E-state index contributed by atoms with van der Waals surface area (Å²) in [5.41, 5.74) is 5.35. The van der Waals surface area contributed by atoms with E-state index in [1.165, 1.54) is 16.5 Å². The Balaban J connectivity index is 1.72. The Kier molecular flexibility index (Phi) is 4.56. The minimum atomic E-state index is -0.110. The van der Waals surface area contributed by atoms with Gasteiger partial charge in [0.15, 0.2) is 0 Å². The fourth-order valence-electron chi connectivity index (χ4n) is 3.05. The molecule has 0 aliphatic heterocycles. The van der Waals surface area contributed by atoms with Crippen molar-refractivity contribution in [3.8, 4) is 5.75 Å². The van der Waals surface area contributed by atoms with Crippen LogP contribution in [-0.4, -0.2) is 24.5 Å².